The standard InChI is InChI=1S/C21H30N6O3/c28-20-13-16-3-1-2-4-18(16)23-27(20)11-10-25-6-8-26(9-7-25)14-19-22-21(30-24-19)17-5-12-29-15-17/h13,17H,1-12,14-15H2. The minimum Gasteiger partial charge on any atom is -0.381 e. The van der Waals surface area contributed by atoms with Gasteiger partial charge in [0.2, 0.25) is 5.89 Å². The van der Waals surface area contributed by atoms with Crippen molar-refractivity contribution in [3.8, 4) is 0 Å². The van der Waals surface area contributed by atoms with Crippen LogP contribution >= 0.6 is 0 Å². The van der Waals surface area contributed by atoms with E-state index in [2.05, 4.69) is 25.0 Å². The summed E-state index contributed by atoms with van der Waals surface area (Å²) in [5.41, 5.74) is 2.31. The number of aryl methyl sites for hydroxylation is 2. The van der Waals surface area contributed by atoms with Crippen molar-refractivity contribution in [2.24, 2.45) is 0 Å². The van der Waals surface area contributed by atoms with Crippen LogP contribution < -0.4 is 5.56 Å². The number of ether oxygens (including phenoxy) is 1. The zero-order chi connectivity index (χ0) is 20.3. The van der Waals surface area contributed by atoms with Gasteiger partial charge < -0.3 is 9.26 Å². The highest BCUT2D eigenvalue weighted by Gasteiger charge is 2.25. The van der Waals surface area contributed by atoms with Crippen molar-refractivity contribution in [3.63, 3.8) is 0 Å². The van der Waals surface area contributed by atoms with Crippen LogP contribution in [0.25, 0.3) is 0 Å². The summed E-state index contributed by atoms with van der Waals surface area (Å²) in [6.07, 6.45) is 5.30. The predicted octanol–water partition coefficient (Wildman–Crippen LogP) is 0.827. The maximum Gasteiger partial charge on any atom is 0.267 e. The van der Waals surface area contributed by atoms with Gasteiger partial charge in [-0.2, -0.15) is 10.1 Å². The second kappa shape index (κ2) is 8.95. The molecule has 1 aliphatic carbocycles. The molecule has 0 bridgehead atoms. The highest BCUT2D eigenvalue weighted by molar-refractivity contribution is 5.20. The van der Waals surface area contributed by atoms with Crippen molar-refractivity contribution in [1.82, 2.24) is 29.7 Å². The van der Waals surface area contributed by atoms with Gasteiger partial charge in [-0.1, -0.05) is 5.16 Å². The van der Waals surface area contributed by atoms with Crippen LogP contribution in [0.3, 0.4) is 0 Å². The Morgan fingerprint density at radius 3 is 2.73 bits per heavy atom. The zero-order valence-electron chi connectivity index (χ0n) is 17.5. The Morgan fingerprint density at radius 2 is 1.90 bits per heavy atom. The molecule has 9 heteroatoms. The van der Waals surface area contributed by atoms with Gasteiger partial charge in [0.1, 0.15) is 0 Å². The molecule has 9 nitrogen and oxygen atoms in total. The first-order valence-corrected chi connectivity index (χ1v) is 11.2. The second-order valence-corrected chi connectivity index (χ2v) is 8.61. The van der Waals surface area contributed by atoms with E-state index in [1.165, 1.54) is 12.8 Å². The molecule has 0 aromatic carbocycles. The topological polar surface area (TPSA) is 89.5 Å². The fraction of sp³-hybridized carbons (Fsp3) is 0.714. The molecule has 30 heavy (non-hydrogen) atoms. The van der Waals surface area contributed by atoms with Crippen molar-refractivity contribution >= 4 is 0 Å². The summed E-state index contributed by atoms with van der Waals surface area (Å²) >= 11 is 0. The van der Waals surface area contributed by atoms with Crippen LogP contribution in [-0.2, 0) is 30.7 Å². The van der Waals surface area contributed by atoms with E-state index < -0.39 is 0 Å². The lowest BCUT2D eigenvalue weighted by Crippen LogP contribution is -2.47. The number of aromatic nitrogens is 4. The maximum absolute atomic E-state index is 12.4. The van der Waals surface area contributed by atoms with Crippen LogP contribution in [0.4, 0.5) is 0 Å². The molecule has 0 N–H and O–H groups in total. The van der Waals surface area contributed by atoms with Gasteiger partial charge in [0.15, 0.2) is 5.82 Å². The van der Waals surface area contributed by atoms with Crippen molar-refractivity contribution in [2.45, 2.75) is 51.1 Å². The summed E-state index contributed by atoms with van der Waals surface area (Å²) in [6, 6.07) is 1.80. The van der Waals surface area contributed by atoms with Gasteiger partial charge in [-0.25, -0.2) is 4.68 Å². The lowest BCUT2D eigenvalue weighted by atomic mass is 9.97. The van der Waals surface area contributed by atoms with Crippen molar-refractivity contribution in [3.05, 3.63) is 39.4 Å². The summed E-state index contributed by atoms with van der Waals surface area (Å²) in [5, 5.41) is 8.79. The fourth-order valence-corrected chi connectivity index (χ4v) is 4.60. The lowest BCUT2D eigenvalue weighted by molar-refractivity contribution is 0.119. The van der Waals surface area contributed by atoms with Gasteiger partial charge in [0, 0.05) is 45.4 Å². The number of piperazine rings is 1. The molecule has 2 aromatic rings. The van der Waals surface area contributed by atoms with E-state index in [1.54, 1.807) is 10.7 Å². The molecular weight excluding hydrogens is 384 g/mol. The van der Waals surface area contributed by atoms with Crippen molar-refractivity contribution in [1.29, 1.82) is 0 Å². The molecule has 5 rings (SSSR count). The van der Waals surface area contributed by atoms with E-state index >= 15 is 0 Å². The fourth-order valence-electron chi connectivity index (χ4n) is 4.60. The van der Waals surface area contributed by atoms with E-state index in [4.69, 9.17) is 9.26 Å². The Balaban J connectivity index is 1.09. The molecule has 1 atom stereocenters. The van der Waals surface area contributed by atoms with Gasteiger partial charge in [-0.05, 0) is 37.7 Å². The minimum atomic E-state index is 0.0369. The molecule has 3 aliphatic rings. The predicted molar refractivity (Wildman–Crippen MR) is 109 cm³/mol. The Labute approximate surface area is 176 Å². The zero-order valence-corrected chi connectivity index (χ0v) is 17.5. The molecule has 2 aromatic heterocycles. The quantitative estimate of drug-likeness (QED) is 0.687. The molecule has 0 amide bonds. The lowest BCUT2D eigenvalue weighted by Gasteiger charge is -2.34. The first-order chi connectivity index (χ1) is 14.7. The van der Waals surface area contributed by atoms with Crippen molar-refractivity contribution in [2.75, 3.05) is 45.9 Å². The van der Waals surface area contributed by atoms with Gasteiger partial charge in [-0.3, -0.25) is 14.6 Å². The number of fused-ring (bicyclic) bond motifs is 1. The highest BCUT2D eigenvalue weighted by Crippen LogP contribution is 2.23. The van der Waals surface area contributed by atoms with E-state index in [-0.39, 0.29) is 11.5 Å². The molecular formula is C21H30N6O3. The van der Waals surface area contributed by atoms with Crippen LogP contribution in [0, 0.1) is 0 Å². The van der Waals surface area contributed by atoms with Crippen LogP contribution in [0.2, 0.25) is 0 Å². The number of hydrogen-bond donors (Lipinski definition) is 0. The second-order valence-electron chi connectivity index (χ2n) is 8.61. The Kier molecular flexibility index (Phi) is 5.92. The molecule has 2 saturated heterocycles. The molecule has 0 saturated carbocycles. The normalized spacial score (nSPS) is 23.0. The average molecular weight is 415 g/mol. The monoisotopic (exact) mass is 414 g/mol. The number of rotatable bonds is 6. The maximum atomic E-state index is 12.4. The molecule has 2 aliphatic heterocycles. The van der Waals surface area contributed by atoms with E-state index in [9.17, 15) is 4.79 Å². The first-order valence-electron chi connectivity index (χ1n) is 11.2. The van der Waals surface area contributed by atoms with Crippen LogP contribution in [0.5, 0.6) is 0 Å². The molecule has 1 unspecified atom stereocenters. The van der Waals surface area contributed by atoms with Crippen molar-refractivity contribution < 1.29 is 9.26 Å². The first kappa shape index (κ1) is 19.8. The smallest absolute Gasteiger partial charge is 0.267 e. The molecule has 0 radical (unpaired) electrons. The summed E-state index contributed by atoms with van der Waals surface area (Å²) in [5.74, 6) is 1.72. The third-order valence-electron chi connectivity index (χ3n) is 6.49. The Hall–Kier alpha value is -2.10. The van der Waals surface area contributed by atoms with Gasteiger partial charge in [-0.15, -0.1) is 0 Å². The number of hydrogen-bond acceptors (Lipinski definition) is 8. The minimum absolute atomic E-state index is 0.0369. The third kappa shape index (κ3) is 4.48. The highest BCUT2D eigenvalue weighted by atomic mass is 16.5. The average Bonchev–Trinajstić information content (AvgIpc) is 3.45. The molecule has 2 fully saturated rings. The Bertz CT molecular complexity index is 912. The molecule has 4 heterocycles. The van der Waals surface area contributed by atoms with E-state index in [0.717, 1.165) is 82.2 Å². The van der Waals surface area contributed by atoms with Gasteiger partial charge >= 0.3 is 0 Å². The largest absolute Gasteiger partial charge is 0.381 e. The van der Waals surface area contributed by atoms with Crippen LogP contribution in [0.15, 0.2) is 15.4 Å². The van der Waals surface area contributed by atoms with Gasteiger partial charge in [0.05, 0.1) is 31.3 Å². The van der Waals surface area contributed by atoms with Crippen LogP contribution in [-0.4, -0.2) is 75.7 Å². The van der Waals surface area contributed by atoms with E-state index in [0.29, 0.717) is 19.0 Å². The summed E-state index contributed by atoms with van der Waals surface area (Å²) < 4.78 is 12.5. The number of nitrogens with zero attached hydrogens (tertiary/aromatic N) is 6. The molecule has 162 valence electrons. The summed E-state index contributed by atoms with van der Waals surface area (Å²) in [4.78, 5) is 21.7. The SMILES string of the molecule is O=c1cc2c(nn1CCN1CCN(Cc3noc(C4CCOC4)n3)CC1)CCCC2. The van der Waals surface area contributed by atoms with E-state index in [1.807, 2.05) is 0 Å². The molecule has 0 spiro atoms. The summed E-state index contributed by atoms with van der Waals surface area (Å²) in [7, 11) is 0. The Morgan fingerprint density at radius 1 is 1.07 bits per heavy atom. The summed E-state index contributed by atoms with van der Waals surface area (Å²) in [6.45, 7) is 7.56. The van der Waals surface area contributed by atoms with Gasteiger partial charge in [0.25, 0.3) is 5.56 Å². The third-order valence-corrected chi connectivity index (χ3v) is 6.49. The van der Waals surface area contributed by atoms with Crippen LogP contribution in [0.1, 0.15) is 48.2 Å².